The lowest BCUT2D eigenvalue weighted by Gasteiger charge is -2.08. The number of carbonyl (C=O) groups excluding carboxylic acids is 1. The Kier molecular flexibility index (Phi) is 5.13. The number of carbonyl (C=O) groups is 1. The van der Waals surface area contributed by atoms with E-state index < -0.39 is 0 Å². The molecule has 5 heteroatoms. The first kappa shape index (κ1) is 14.8. The molecule has 5 nitrogen and oxygen atoms in total. The van der Waals surface area contributed by atoms with Crippen molar-refractivity contribution in [3.05, 3.63) is 53.3 Å². The zero-order valence-electron chi connectivity index (χ0n) is 11.8. The van der Waals surface area contributed by atoms with Crippen LogP contribution >= 0.6 is 0 Å². The summed E-state index contributed by atoms with van der Waals surface area (Å²) in [5, 5.41) is 15.7. The maximum Gasteiger partial charge on any atom is 0.252 e. The molecule has 0 aliphatic heterocycles. The van der Waals surface area contributed by atoms with E-state index in [1.807, 2.05) is 31.3 Å². The van der Waals surface area contributed by atoms with Crippen LogP contribution in [0.2, 0.25) is 0 Å². The van der Waals surface area contributed by atoms with Crippen LogP contribution in [0.15, 0.2) is 36.7 Å². The Balaban J connectivity index is 2.04. The minimum atomic E-state index is -0.228. The second kappa shape index (κ2) is 7.27. The number of benzene rings is 1. The zero-order valence-corrected chi connectivity index (χ0v) is 11.8. The minimum Gasteiger partial charge on any atom is -0.384 e. The van der Waals surface area contributed by atoms with E-state index in [0.717, 1.165) is 5.56 Å². The van der Waals surface area contributed by atoms with Crippen LogP contribution in [-0.2, 0) is 6.54 Å². The van der Waals surface area contributed by atoms with Crippen LogP contribution in [0.3, 0.4) is 0 Å². The van der Waals surface area contributed by atoms with Crippen LogP contribution in [-0.4, -0.2) is 33.9 Å². The summed E-state index contributed by atoms with van der Waals surface area (Å²) in [5.41, 5.74) is 2.16. The zero-order chi connectivity index (χ0) is 15.1. The van der Waals surface area contributed by atoms with Crippen molar-refractivity contribution in [2.75, 3.05) is 13.2 Å². The van der Waals surface area contributed by atoms with Gasteiger partial charge >= 0.3 is 0 Å². The summed E-state index contributed by atoms with van der Waals surface area (Å²) in [7, 11) is 0. The lowest BCUT2D eigenvalue weighted by molar-refractivity contribution is 0.0951. The summed E-state index contributed by atoms with van der Waals surface area (Å²) in [6.07, 6.45) is 3.54. The van der Waals surface area contributed by atoms with E-state index in [2.05, 4.69) is 22.3 Å². The molecule has 2 N–H and O–H groups in total. The largest absolute Gasteiger partial charge is 0.384 e. The maximum atomic E-state index is 12.2. The summed E-state index contributed by atoms with van der Waals surface area (Å²) in [6.45, 7) is 2.81. The van der Waals surface area contributed by atoms with Gasteiger partial charge in [0.2, 0.25) is 0 Å². The van der Waals surface area contributed by atoms with Gasteiger partial charge in [0.05, 0.1) is 12.1 Å². The number of hydrogen-bond acceptors (Lipinski definition) is 3. The molecule has 0 radical (unpaired) electrons. The van der Waals surface area contributed by atoms with E-state index in [-0.39, 0.29) is 12.5 Å². The molecule has 0 aliphatic rings. The molecular formula is C16H17N3O2. The second-order valence-corrected chi connectivity index (χ2v) is 4.53. The first-order valence-corrected chi connectivity index (χ1v) is 6.66. The molecule has 108 valence electrons. The van der Waals surface area contributed by atoms with Crippen LogP contribution < -0.4 is 5.32 Å². The third kappa shape index (κ3) is 4.20. The van der Waals surface area contributed by atoms with Crippen molar-refractivity contribution in [2.24, 2.45) is 0 Å². The van der Waals surface area contributed by atoms with Crippen LogP contribution in [0.1, 0.15) is 21.5 Å². The van der Waals surface area contributed by atoms with Gasteiger partial charge in [-0.15, -0.1) is 0 Å². The summed E-state index contributed by atoms with van der Waals surface area (Å²) in [5.74, 6) is 5.21. The molecule has 0 spiro atoms. The molecular weight excluding hydrogens is 266 g/mol. The molecule has 0 saturated heterocycles. The van der Waals surface area contributed by atoms with E-state index in [9.17, 15) is 4.79 Å². The number of hydrogen-bond donors (Lipinski definition) is 2. The fraction of sp³-hybridized carbons (Fsp3) is 0.250. The number of aliphatic hydroxyl groups is 1. The summed E-state index contributed by atoms with van der Waals surface area (Å²) in [4.78, 5) is 12.2. The highest BCUT2D eigenvalue weighted by Crippen LogP contribution is 2.10. The van der Waals surface area contributed by atoms with Gasteiger partial charge in [-0.25, -0.2) is 0 Å². The quantitative estimate of drug-likeness (QED) is 0.822. The monoisotopic (exact) mass is 283 g/mol. The molecule has 0 saturated carbocycles. The van der Waals surface area contributed by atoms with Gasteiger partial charge in [0, 0.05) is 24.5 Å². The summed E-state index contributed by atoms with van der Waals surface area (Å²) in [6, 6.07) is 7.29. The third-order valence-corrected chi connectivity index (χ3v) is 2.91. The number of aliphatic hydroxyl groups excluding tert-OH is 1. The molecule has 1 heterocycles. The molecule has 0 unspecified atom stereocenters. The number of nitrogens with one attached hydrogen (secondary N) is 1. The van der Waals surface area contributed by atoms with Crippen molar-refractivity contribution < 1.29 is 9.90 Å². The van der Waals surface area contributed by atoms with Crippen molar-refractivity contribution in [3.63, 3.8) is 0 Å². The molecule has 1 amide bonds. The predicted molar refractivity (Wildman–Crippen MR) is 79.7 cm³/mol. The maximum absolute atomic E-state index is 12.2. The SMILES string of the molecule is Cc1ccc(C(=O)NCCn2cccn2)c(C#CCO)c1. The highest BCUT2D eigenvalue weighted by Gasteiger charge is 2.09. The standard InChI is InChI=1S/C16H17N3O2/c1-13-5-6-15(14(12-13)4-2-11-20)16(21)17-8-10-19-9-3-7-18-19/h3,5-7,9,12,20H,8,10-11H2,1H3,(H,17,21). The topological polar surface area (TPSA) is 67.2 Å². The van der Waals surface area contributed by atoms with Gasteiger partial charge in [-0.05, 0) is 30.7 Å². The summed E-state index contributed by atoms with van der Waals surface area (Å²) >= 11 is 0. The van der Waals surface area contributed by atoms with Gasteiger partial charge in [0.1, 0.15) is 6.61 Å². The Morgan fingerprint density at radius 2 is 2.33 bits per heavy atom. The van der Waals surface area contributed by atoms with Gasteiger partial charge in [-0.2, -0.15) is 5.10 Å². The van der Waals surface area contributed by atoms with Crippen molar-refractivity contribution in [2.45, 2.75) is 13.5 Å². The molecule has 1 aromatic heterocycles. The van der Waals surface area contributed by atoms with Crippen molar-refractivity contribution in [3.8, 4) is 11.8 Å². The minimum absolute atomic E-state index is 0.176. The number of aromatic nitrogens is 2. The molecule has 0 aliphatic carbocycles. The Morgan fingerprint density at radius 1 is 1.48 bits per heavy atom. The molecule has 0 bridgehead atoms. The first-order valence-electron chi connectivity index (χ1n) is 6.66. The first-order chi connectivity index (χ1) is 10.2. The van der Waals surface area contributed by atoms with E-state index >= 15 is 0 Å². The number of nitrogens with zero attached hydrogens (tertiary/aromatic N) is 2. The Hall–Kier alpha value is -2.58. The number of aryl methyl sites for hydroxylation is 1. The highest BCUT2D eigenvalue weighted by atomic mass is 16.2. The van der Waals surface area contributed by atoms with E-state index in [1.165, 1.54) is 0 Å². The van der Waals surface area contributed by atoms with E-state index in [0.29, 0.717) is 24.2 Å². The second-order valence-electron chi connectivity index (χ2n) is 4.53. The van der Waals surface area contributed by atoms with Gasteiger partial charge < -0.3 is 10.4 Å². The van der Waals surface area contributed by atoms with Crippen molar-refractivity contribution in [1.29, 1.82) is 0 Å². The van der Waals surface area contributed by atoms with E-state index in [1.54, 1.807) is 16.9 Å². The van der Waals surface area contributed by atoms with Crippen LogP contribution in [0.5, 0.6) is 0 Å². The molecule has 2 rings (SSSR count). The predicted octanol–water partition coefficient (Wildman–Crippen LogP) is 0.965. The average Bonchev–Trinajstić information content (AvgIpc) is 2.98. The highest BCUT2D eigenvalue weighted by molar-refractivity contribution is 5.96. The molecule has 1 aromatic carbocycles. The Bertz CT molecular complexity index is 667. The van der Waals surface area contributed by atoms with E-state index in [4.69, 9.17) is 5.11 Å². The van der Waals surface area contributed by atoms with Crippen molar-refractivity contribution in [1.82, 2.24) is 15.1 Å². The lowest BCUT2D eigenvalue weighted by Crippen LogP contribution is -2.28. The molecule has 0 fully saturated rings. The van der Waals surface area contributed by atoms with Gasteiger partial charge in [-0.3, -0.25) is 9.48 Å². The van der Waals surface area contributed by atoms with Gasteiger partial charge in [-0.1, -0.05) is 17.9 Å². The smallest absolute Gasteiger partial charge is 0.252 e. The van der Waals surface area contributed by atoms with Crippen LogP contribution in [0.25, 0.3) is 0 Å². The van der Waals surface area contributed by atoms with Crippen LogP contribution in [0, 0.1) is 18.8 Å². The Labute approximate surface area is 123 Å². The Morgan fingerprint density at radius 3 is 3.05 bits per heavy atom. The van der Waals surface area contributed by atoms with Gasteiger partial charge in [0.15, 0.2) is 0 Å². The molecule has 0 atom stereocenters. The normalized spacial score (nSPS) is 9.81. The number of rotatable bonds is 4. The van der Waals surface area contributed by atoms with Crippen LogP contribution in [0.4, 0.5) is 0 Å². The fourth-order valence-electron chi connectivity index (χ4n) is 1.91. The number of amides is 1. The lowest BCUT2D eigenvalue weighted by atomic mass is 10.0. The average molecular weight is 283 g/mol. The molecule has 21 heavy (non-hydrogen) atoms. The molecule has 2 aromatic rings. The fourth-order valence-corrected chi connectivity index (χ4v) is 1.91. The summed E-state index contributed by atoms with van der Waals surface area (Å²) < 4.78 is 1.75. The van der Waals surface area contributed by atoms with Gasteiger partial charge in [0.25, 0.3) is 5.91 Å². The van der Waals surface area contributed by atoms with Crippen molar-refractivity contribution >= 4 is 5.91 Å². The third-order valence-electron chi connectivity index (χ3n) is 2.91.